The van der Waals surface area contributed by atoms with E-state index in [1.165, 1.54) is 5.56 Å². The van der Waals surface area contributed by atoms with E-state index in [0.29, 0.717) is 5.82 Å². The van der Waals surface area contributed by atoms with Crippen LogP contribution in [0.5, 0.6) is 0 Å². The highest BCUT2D eigenvalue weighted by Crippen LogP contribution is 2.05. The minimum absolute atomic E-state index is 0.0894. The number of aromatic nitrogens is 3. The van der Waals surface area contributed by atoms with Gasteiger partial charge in [0.25, 0.3) is 5.91 Å². The van der Waals surface area contributed by atoms with Gasteiger partial charge in [-0.2, -0.15) is 0 Å². The summed E-state index contributed by atoms with van der Waals surface area (Å²) in [5, 5.41) is 9.39. The van der Waals surface area contributed by atoms with E-state index in [9.17, 15) is 4.79 Å². The van der Waals surface area contributed by atoms with Gasteiger partial charge in [-0.25, -0.2) is 4.98 Å². The van der Waals surface area contributed by atoms with Gasteiger partial charge in [0.2, 0.25) is 5.82 Å². The van der Waals surface area contributed by atoms with E-state index in [-0.39, 0.29) is 17.8 Å². The fourth-order valence-corrected chi connectivity index (χ4v) is 1.83. The summed E-state index contributed by atoms with van der Waals surface area (Å²) in [6.07, 6.45) is 1.83. The number of hydrogen-bond acceptors (Lipinski definition) is 3. The van der Waals surface area contributed by atoms with Gasteiger partial charge in [0.1, 0.15) is 5.82 Å². The van der Waals surface area contributed by atoms with Crippen molar-refractivity contribution in [2.75, 3.05) is 0 Å². The summed E-state index contributed by atoms with van der Waals surface area (Å²) in [6, 6.07) is 10.3. The number of benzene rings is 1. The molecule has 5 nitrogen and oxygen atoms in total. The zero-order valence-corrected chi connectivity index (χ0v) is 11.2. The molecule has 1 atom stereocenters. The Balaban J connectivity index is 1.81. The number of nitrogens with zero attached hydrogens (tertiary/aromatic N) is 2. The first-order valence-corrected chi connectivity index (χ1v) is 6.39. The molecule has 1 unspecified atom stereocenters. The Morgan fingerprint density at radius 1 is 1.37 bits per heavy atom. The molecule has 0 radical (unpaired) electrons. The van der Waals surface area contributed by atoms with E-state index in [4.69, 9.17) is 0 Å². The van der Waals surface area contributed by atoms with Crippen LogP contribution in [-0.4, -0.2) is 27.1 Å². The molecule has 1 aromatic carbocycles. The van der Waals surface area contributed by atoms with Crippen LogP contribution in [0.4, 0.5) is 0 Å². The van der Waals surface area contributed by atoms with Crippen molar-refractivity contribution < 1.29 is 4.79 Å². The van der Waals surface area contributed by atoms with Gasteiger partial charge in [-0.3, -0.25) is 9.89 Å². The minimum Gasteiger partial charge on any atom is -0.347 e. The Labute approximate surface area is 112 Å². The summed E-state index contributed by atoms with van der Waals surface area (Å²) < 4.78 is 0. The summed E-state index contributed by atoms with van der Waals surface area (Å²) in [4.78, 5) is 15.8. The molecule has 0 saturated carbocycles. The molecule has 0 bridgehead atoms. The van der Waals surface area contributed by atoms with Crippen LogP contribution >= 0.6 is 0 Å². The monoisotopic (exact) mass is 258 g/mol. The molecule has 0 aliphatic carbocycles. The number of amides is 1. The maximum absolute atomic E-state index is 11.8. The van der Waals surface area contributed by atoms with Crippen LogP contribution in [0.25, 0.3) is 0 Å². The fraction of sp³-hybridized carbons (Fsp3) is 0.357. The molecular formula is C14H18N4O. The second-order valence-corrected chi connectivity index (χ2v) is 4.64. The van der Waals surface area contributed by atoms with Crippen LogP contribution in [0, 0.1) is 6.92 Å². The van der Waals surface area contributed by atoms with E-state index in [1.54, 1.807) is 6.92 Å². The standard InChI is InChI=1S/C14H18N4O/c1-10(8-9-12-6-4-3-5-7-12)15-14(19)13-16-11(2)17-18-13/h3-7,10H,8-9H2,1-2H3,(H,15,19)(H,16,17,18). The fourth-order valence-electron chi connectivity index (χ4n) is 1.83. The van der Waals surface area contributed by atoms with E-state index in [2.05, 4.69) is 32.6 Å². The number of aryl methyl sites for hydroxylation is 2. The molecule has 0 fully saturated rings. The molecule has 0 spiro atoms. The average Bonchev–Trinajstić information content (AvgIpc) is 2.84. The molecular weight excluding hydrogens is 240 g/mol. The van der Waals surface area contributed by atoms with Crippen molar-refractivity contribution in [2.45, 2.75) is 32.7 Å². The van der Waals surface area contributed by atoms with Gasteiger partial charge in [0.05, 0.1) is 0 Å². The van der Waals surface area contributed by atoms with Crippen molar-refractivity contribution in [3.8, 4) is 0 Å². The Bertz CT molecular complexity index is 535. The molecule has 0 aliphatic heterocycles. The highest BCUT2D eigenvalue weighted by atomic mass is 16.2. The van der Waals surface area contributed by atoms with Crippen LogP contribution in [0.1, 0.15) is 35.4 Å². The van der Waals surface area contributed by atoms with Gasteiger partial charge < -0.3 is 5.32 Å². The third-order valence-electron chi connectivity index (χ3n) is 2.89. The van der Waals surface area contributed by atoms with Crippen molar-refractivity contribution in [2.24, 2.45) is 0 Å². The number of aromatic amines is 1. The molecule has 2 N–H and O–H groups in total. The Kier molecular flexibility index (Phi) is 4.28. The largest absolute Gasteiger partial charge is 0.347 e. The van der Waals surface area contributed by atoms with Gasteiger partial charge >= 0.3 is 0 Å². The Hall–Kier alpha value is -2.17. The zero-order valence-electron chi connectivity index (χ0n) is 11.2. The van der Waals surface area contributed by atoms with Crippen molar-refractivity contribution >= 4 is 5.91 Å². The minimum atomic E-state index is -0.232. The quantitative estimate of drug-likeness (QED) is 0.860. The summed E-state index contributed by atoms with van der Waals surface area (Å²) >= 11 is 0. The number of carbonyl (C=O) groups excluding carboxylic acids is 1. The molecule has 0 aliphatic rings. The van der Waals surface area contributed by atoms with Gasteiger partial charge in [-0.1, -0.05) is 30.3 Å². The van der Waals surface area contributed by atoms with Crippen LogP contribution in [0.2, 0.25) is 0 Å². The number of carbonyl (C=O) groups is 1. The third-order valence-corrected chi connectivity index (χ3v) is 2.89. The normalized spacial score (nSPS) is 12.1. The predicted molar refractivity (Wildman–Crippen MR) is 72.8 cm³/mol. The van der Waals surface area contributed by atoms with Crippen molar-refractivity contribution in [3.63, 3.8) is 0 Å². The zero-order chi connectivity index (χ0) is 13.7. The number of H-pyrrole nitrogens is 1. The first-order chi connectivity index (χ1) is 9.15. The number of nitrogens with one attached hydrogen (secondary N) is 2. The molecule has 2 aromatic rings. The summed E-state index contributed by atoms with van der Waals surface area (Å²) in [5.41, 5.74) is 1.28. The topological polar surface area (TPSA) is 70.7 Å². The summed E-state index contributed by atoms with van der Waals surface area (Å²) in [5.74, 6) is 0.607. The SMILES string of the molecule is Cc1nc(C(=O)NC(C)CCc2ccccc2)n[nH]1. The molecule has 5 heteroatoms. The lowest BCUT2D eigenvalue weighted by Crippen LogP contribution is -2.33. The van der Waals surface area contributed by atoms with Gasteiger partial charge in [-0.05, 0) is 32.3 Å². The van der Waals surface area contributed by atoms with Crippen LogP contribution in [-0.2, 0) is 6.42 Å². The molecule has 19 heavy (non-hydrogen) atoms. The van der Waals surface area contributed by atoms with Gasteiger partial charge in [-0.15, -0.1) is 5.10 Å². The molecule has 0 saturated heterocycles. The summed E-state index contributed by atoms with van der Waals surface area (Å²) in [6.45, 7) is 3.75. The van der Waals surface area contributed by atoms with Crippen molar-refractivity contribution in [1.29, 1.82) is 0 Å². The van der Waals surface area contributed by atoms with Crippen LogP contribution in [0.3, 0.4) is 0 Å². The van der Waals surface area contributed by atoms with E-state index < -0.39 is 0 Å². The first-order valence-electron chi connectivity index (χ1n) is 6.39. The average molecular weight is 258 g/mol. The molecule has 100 valence electrons. The highest BCUT2D eigenvalue weighted by Gasteiger charge is 2.13. The number of hydrogen-bond donors (Lipinski definition) is 2. The van der Waals surface area contributed by atoms with Gasteiger partial charge in [0.15, 0.2) is 0 Å². The second-order valence-electron chi connectivity index (χ2n) is 4.64. The Morgan fingerprint density at radius 2 is 2.11 bits per heavy atom. The lowest BCUT2D eigenvalue weighted by Gasteiger charge is -2.12. The third kappa shape index (κ3) is 3.91. The highest BCUT2D eigenvalue weighted by molar-refractivity contribution is 5.90. The van der Waals surface area contributed by atoms with Crippen LogP contribution in [0.15, 0.2) is 30.3 Å². The molecule has 1 heterocycles. The maximum atomic E-state index is 11.8. The first kappa shape index (κ1) is 13.3. The lowest BCUT2D eigenvalue weighted by molar-refractivity contribution is 0.0928. The molecule has 2 rings (SSSR count). The van der Waals surface area contributed by atoms with E-state index >= 15 is 0 Å². The van der Waals surface area contributed by atoms with E-state index in [0.717, 1.165) is 12.8 Å². The van der Waals surface area contributed by atoms with Crippen molar-refractivity contribution in [1.82, 2.24) is 20.5 Å². The number of rotatable bonds is 5. The van der Waals surface area contributed by atoms with E-state index in [1.807, 2.05) is 25.1 Å². The maximum Gasteiger partial charge on any atom is 0.291 e. The smallest absolute Gasteiger partial charge is 0.291 e. The molecule has 1 amide bonds. The Morgan fingerprint density at radius 3 is 2.74 bits per heavy atom. The molecule has 1 aromatic heterocycles. The van der Waals surface area contributed by atoms with Crippen molar-refractivity contribution in [3.05, 3.63) is 47.5 Å². The van der Waals surface area contributed by atoms with Gasteiger partial charge in [0, 0.05) is 6.04 Å². The summed E-state index contributed by atoms with van der Waals surface area (Å²) in [7, 11) is 0. The lowest BCUT2D eigenvalue weighted by atomic mass is 10.1. The van der Waals surface area contributed by atoms with Crippen LogP contribution < -0.4 is 5.32 Å². The second kappa shape index (κ2) is 6.13. The predicted octanol–water partition coefficient (Wildman–Crippen LogP) is 1.86.